The largest absolute Gasteiger partial charge is 0.493 e. The lowest BCUT2D eigenvalue weighted by Gasteiger charge is -2.54. The first-order valence-electron chi connectivity index (χ1n) is 12.9. The molecule has 4 unspecified atom stereocenters. The summed E-state index contributed by atoms with van der Waals surface area (Å²) in [5.41, 5.74) is 3.38. The minimum Gasteiger partial charge on any atom is -0.493 e. The first-order chi connectivity index (χ1) is 17.5. The van der Waals surface area contributed by atoms with Crippen molar-refractivity contribution in [2.75, 3.05) is 13.2 Å². The van der Waals surface area contributed by atoms with Gasteiger partial charge in [0.05, 0.1) is 6.61 Å². The normalized spacial score (nSPS) is 31.3. The zero-order valence-electron chi connectivity index (χ0n) is 19.9. The number of hydrogen-bond donors (Lipinski definition) is 1. The van der Waals surface area contributed by atoms with E-state index in [4.69, 9.17) is 4.74 Å². The van der Waals surface area contributed by atoms with Crippen molar-refractivity contribution in [2.45, 2.75) is 62.7 Å². The summed E-state index contributed by atoms with van der Waals surface area (Å²) in [4.78, 5) is 41.7. The number of piperidine rings is 1. The summed E-state index contributed by atoms with van der Waals surface area (Å²) in [6, 6.07) is 10.6. The van der Waals surface area contributed by atoms with E-state index in [9.17, 15) is 18.8 Å². The van der Waals surface area contributed by atoms with Crippen LogP contribution in [0.1, 0.15) is 71.1 Å². The lowest BCUT2D eigenvalue weighted by molar-refractivity contribution is -0.136. The summed E-state index contributed by atoms with van der Waals surface area (Å²) in [6.45, 7) is 1.84. The van der Waals surface area contributed by atoms with Crippen LogP contribution in [0.25, 0.3) is 0 Å². The van der Waals surface area contributed by atoms with Crippen LogP contribution in [0.4, 0.5) is 4.39 Å². The maximum atomic E-state index is 14.1. The van der Waals surface area contributed by atoms with Crippen LogP contribution in [-0.4, -0.2) is 52.8 Å². The van der Waals surface area contributed by atoms with Crippen molar-refractivity contribution in [3.05, 3.63) is 64.5 Å². The fourth-order valence-corrected chi connectivity index (χ4v) is 7.11. The third-order valence-corrected chi connectivity index (χ3v) is 8.89. The topological polar surface area (TPSA) is 79.0 Å². The van der Waals surface area contributed by atoms with Crippen molar-refractivity contribution in [3.63, 3.8) is 0 Å². The monoisotopic (exact) mass is 489 g/mol. The molecular weight excluding hydrogens is 461 g/mol. The number of amides is 3. The fraction of sp³-hybridized carbons (Fsp3) is 0.464. The molecule has 3 fully saturated rings. The highest BCUT2D eigenvalue weighted by Crippen LogP contribution is 2.54. The van der Waals surface area contributed by atoms with Crippen molar-refractivity contribution >= 4 is 17.7 Å². The molecule has 4 aliphatic heterocycles. The molecule has 1 aliphatic carbocycles. The van der Waals surface area contributed by atoms with Crippen LogP contribution in [-0.2, 0) is 16.1 Å². The minimum absolute atomic E-state index is 0.00968. The third-order valence-electron chi connectivity index (χ3n) is 8.89. The Hall–Kier alpha value is -3.26. The lowest BCUT2D eigenvalue weighted by atomic mass is 9.75. The average Bonchev–Trinajstić information content (AvgIpc) is 3.40. The van der Waals surface area contributed by atoms with Gasteiger partial charge in [0.15, 0.2) is 0 Å². The Bertz CT molecular complexity index is 1300. The van der Waals surface area contributed by atoms with Crippen molar-refractivity contribution in [1.82, 2.24) is 15.1 Å². The number of carbonyl (C=O) groups excluding carboxylic acids is 3. The Morgan fingerprint density at radius 2 is 1.94 bits per heavy atom. The molecule has 0 spiro atoms. The molecule has 186 valence electrons. The number of ether oxygens (including phenoxy) is 1. The molecule has 8 heteroatoms. The second-order valence-corrected chi connectivity index (χ2v) is 10.8. The molecule has 7 nitrogen and oxygen atoms in total. The van der Waals surface area contributed by atoms with Crippen LogP contribution in [0.15, 0.2) is 36.4 Å². The average molecular weight is 490 g/mol. The SMILES string of the molecule is O=C1CCC(N2Cc3cc4c(cc3C2=O)C2C(c3cccc(F)c3)CN2C2CCC[C@@H]2CO4)C(=O)N1. The van der Waals surface area contributed by atoms with Gasteiger partial charge < -0.3 is 9.64 Å². The van der Waals surface area contributed by atoms with Gasteiger partial charge >= 0.3 is 0 Å². The molecule has 3 amide bonds. The summed E-state index contributed by atoms with van der Waals surface area (Å²) < 4.78 is 20.6. The van der Waals surface area contributed by atoms with E-state index in [1.807, 2.05) is 18.2 Å². The minimum atomic E-state index is -0.647. The van der Waals surface area contributed by atoms with E-state index in [0.29, 0.717) is 37.1 Å². The second kappa shape index (κ2) is 8.13. The quantitative estimate of drug-likeness (QED) is 0.655. The number of nitrogens with zero attached hydrogens (tertiary/aromatic N) is 2. The van der Waals surface area contributed by atoms with Crippen molar-refractivity contribution in [1.29, 1.82) is 0 Å². The number of benzene rings is 2. The van der Waals surface area contributed by atoms with Crippen molar-refractivity contribution in [3.8, 4) is 5.75 Å². The van der Waals surface area contributed by atoms with Crippen molar-refractivity contribution in [2.24, 2.45) is 5.92 Å². The first kappa shape index (κ1) is 22.0. The van der Waals surface area contributed by atoms with Crippen molar-refractivity contribution < 1.29 is 23.5 Å². The molecule has 5 atom stereocenters. The summed E-state index contributed by atoms with van der Waals surface area (Å²) in [5, 5.41) is 2.36. The van der Waals surface area contributed by atoms with E-state index in [1.165, 1.54) is 12.5 Å². The molecule has 1 saturated carbocycles. The molecule has 36 heavy (non-hydrogen) atoms. The number of hydrogen-bond acceptors (Lipinski definition) is 5. The highest BCUT2D eigenvalue weighted by Gasteiger charge is 2.50. The molecule has 1 N–H and O–H groups in total. The predicted molar refractivity (Wildman–Crippen MR) is 128 cm³/mol. The first-order valence-corrected chi connectivity index (χ1v) is 12.9. The van der Waals surface area contributed by atoms with E-state index in [0.717, 1.165) is 41.8 Å². The van der Waals surface area contributed by atoms with E-state index < -0.39 is 11.9 Å². The second-order valence-electron chi connectivity index (χ2n) is 10.8. The number of nitrogens with one attached hydrogen (secondary N) is 1. The number of imide groups is 1. The maximum absolute atomic E-state index is 14.1. The van der Waals surface area contributed by atoms with Gasteiger partial charge in [-0.25, -0.2) is 4.39 Å². The molecule has 2 aromatic carbocycles. The third kappa shape index (κ3) is 3.30. The van der Waals surface area contributed by atoms with Crippen LogP contribution in [0.2, 0.25) is 0 Å². The van der Waals surface area contributed by atoms with Gasteiger partial charge in [0, 0.05) is 54.6 Å². The fourth-order valence-electron chi connectivity index (χ4n) is 7.11. The Labute approximate surface area is 208 Å². The van der Waals surface area contributed by atoms with E-state index >= 15 is 0 Å². The molecule has 2 saturated heterocycles. The smallest absolute Gasteiger partial charge is 0.255 e. The van der Waals surface area contributed by atoms with Gasteiger partial charge in [-0.2, -0.15) is 0 Å². The molecule has 4 heterocycles. The zero-order valence-corrected chi connectivity index (χ0v) is 19.9. The molecule has 0 aromatic heterocycles. The zero-order chi connectivity index (χ0) is 24.6. The predicted octanol–water partition coefficient (Wildman–Crippen LogP) is 3.29. The Balaban J connectivity index is 1.27. The highest BCUT2D eigenvalue weighted by molar-refractivity contribution is 6.05. The molecular formula is C28H28FN3O4. The van der Waals surface area contributed by atoms with Gasteiger partial charge in [0.1, 0.15) is 17.6 Å². The summed E-state index contributed by atoms with van der Waals surface area (Å²) in [6.07, 6.45) is 4.01. The van der Waals surface area contributed by atoms with Gasteiger partial charge in [-0.05, 0) is 54.7 Å². The van der Waals surface area contributed by atoms with E-state index in [-0.39, 0.29) is 36.0 Å². The van der Waals surface area contributed by atoms with Gasteiger partial charge in [-0.15, -0.1) is 0 Å². The summed E-state index contributed by atoms with van der Waals surface area (Å²) >= 11 is 0. The number of fused-ring (bicyclic) bond motifs is 6. The van der Waals surface area contributed by atoms with Crippen LogP contribution in [0, 0.1) is 11.7 Å². The summed E-state index contributed by atoms with van der Waals surface area (Å²) in [5.74, 6) is 0.231. The maximum Gasteiger partial charge on any atom is 0.255 e. The Kier molecular flexibility index (Phi) is 4.96. The van der Waals surface area contributed by atoms with E-state index in [1.54, 1.807) is 17.0 Å². The van der Waals surface area contributed by atoms with Crippen LogP contribution in [0.3, 0.4) is 0 Å². The molecule has 2 aromatic rings. The number of carbonyl (C=O) groups is 3. The lowest BCUT2D eigenvalue weighted by Crippen LogP contribution is -2.55. The Morgan fingerprint density at radius 3 is 2.78 bits per heavy atom. The standard InChI is InChI=1S/C28H28FN3O4/c29-18-5-1-3-15(9-18)21-13-31-22-6-2-4-16(22)14-36-24-10-17-12-32(23-7-8-25(33)30-27(23)34)28(35)19(17)11-20(24)26(21)31/h1,3,5,9-11,16,21-23,26H,2,4,6-8,12-14H2,(H,30,33,34)/t16-,21?,22?,23?,26?/m1/s1. The molecule has 0 bridgehead atoms. The van der Waals surface area contributed by atoms with Crippen LogP contribution in [0.5, 0.6) is 5.75 Å². The molecule has 5 aliphatic rings. The molecule has 7 rings (SSSR count). The van der Waals surface area contributed by atoms with Gasteiger partial charge in [-0.3, -0.25) is 24.6 Å². The van der Waals surface area contributed by atoms with Gasteiger partial charge in [-0.1, -0.05) is 18.6 Å². The van der Waals surface area contributed by atoms with Gasteiger partial charge in [0.2, 0.25) is 11.8 Å². The summed E-state index contributed by atoms with van der Waals surface area (Å²) in [7, 11) is 0. The van der Waals surface area contributed by atoms with Crippen LogP contribution >= 0.6 is 0 Å². The molecule has 0 radical (unpaired) electrons. The van der Waals surface area contributed by atoms with Gasteiger partial charge in [0.25, 0.3) is 5.91 Å². The number of rotatable bonds is 2. The van der Waals surface area contributed by atoms with Crippen LogP contribution < -0.4 is 10.1 Å². The highest BCUT2D eigenvalue weighted by atomic mass is 19.1. The Morgan fingerprint density at radius 1 is 1.06 bits per heavy atom. The number of halogens is 1. The van der Waals surface area contributed by atoms with E-state index in [2.05, 4.69) is 10.2 Å².